The summed E-state index contributed by atoms with van der Waals surface area (Å²) in [6.07, 6.45) is 3.86. The van der Waals surface area contributed by atoms with Crippen LogP contribution in [0.2, 0.25) is 0 Å². The van der Waals surface area contributed by atoms with Crippen molar-refractivity contribution < 1.29 is 19.4 Å². The summed E-state index contributed by atoms with van der Waals surface area (Å²) in [5.41, 5.74) is 0.622. The predicted octanol–water partition coefficient (Wildman–Crippen LogP) is 3.44. The second-order valence-corrected chi connectivity index (χ2v) is 6.54. The summed E-state index contributed by atoms with van der Waals surface area (Å²) in [5, 5.41) is 9.17. The van der Waals surface area contributed by atoms with Gasteiger partial charge >= 0.3 is 5.97 Å². The lowest BCUT2D eigenvalue weighted by atomic mass is 9.87. The van der Waals surface area contributed by atoms with E-state index in [0.29, 0.717) is 31.7 Å². The highest BCUT2D eigenvalue weighted by Gasteiger charge is 2.33. The van der Waals surface area contributed by atoms with Gasteiger partial charge in [-0.25, -0.2) is 0 Å². The Labute approximate surface area is 143 Å². The zero-order valence-corrected chi connectivity index (χ0v) is 14.5. The van der Waals surface area contributed by atoms with E-state index in [4.69, 9.17) is 9.84 Å². The number of carbonyl (C=O) groups is 2. The van der Waals surface area contributed by atoms with E-state index in [-0.39, 0.29) is 17.7 Å². The van der Waals surface area contributed by atoms with Gasteiger partial charge in [-0.1, -0.05) is 26.7 Å². The lowest BCUT2D eigenvalue weighted by Gasteiger charge is -2.35. The maximum atomic E-state index is 12.6. The normalized spacial score (nSPS) is 20.7. The Hall–Kier alpha value is -2.04. The average molecular weight is 333 g/mol. The van der Waals surface area contributed by atoms with Crippen LogP contribution in [0.15, 0.2) is 24.3 Å². The van der Waals surface area contributed by atoms with Gasteiger partial charge in [-0.05, 0) is 43.0 Å². The summed E-state index contributed by atoms with van der Waals surface area (Å²) in [6, 6.07) is 7.22. The summed E-state index contributed by atoms with van der Waals surface area (Å²) in [6.45, 7) is 5.73. The van der Waals surface area contributed by atoms with Gasteiger partial charge in [-0.2, -0.15) is 0 Å². The molecule has 1 aromatic rings. The van der Waals surface area contributed by atoms with E-state index in [2.05, 4.69) is 6.92 Å². The molecule has 0 radical (unpaired) electrons. The Morgan fingerprint density at radius 3 is 2.54 bits per heavy atom. The van der Waals surface area contributed by atoms with E-state index in [0.717, 1.165) is 25.0 Å². The first kappa shape index (κ1) is 18.3. The van der Waals surface area contributed by atoms with Crippen LogP contribution in [0.4, 0.5) is 0 Å². The third-order valence-corrected chi connectivity index (χ3v) is 4.63. The third kappa shape index (κ3) is 4.73. The highest BCUT2D eigenvalue weighted by Crippen LogP contribution is 2.25. The standard InChI is InChI=1S/C19H27NO4/c1-3-4-5-12-24-16-8-6-15(7-9-16)18(21)20-11-10-17(19(22)23)14(2)13-20/h6-9,14,17H,3-5,10-13H2,1-2H3,(H,22,23). The van der Waals surface area contributed by atoms with E-state index in [1.807, 2.05) is 19.1 Å². The molecule has 132 valence electrons. The van der Waals surface area contributed by atoms with Crippen molar-refractivity contribution in [2.45, 2.75) is 39.5 Å². The van der Waals surface area contributed by atoms with Crippen LogP contribution in [-0.4, -0.2) is 41.6 Å². The third-order valence-electron chi connectivity index (χ3n) is 4.63. The first-order valence-corrected chi connectivity index (χ1v) is 8.78. The number of aliphatic carboxylic acids is 1. The number of nitrogens with zero attached hydrogens (tertiary/aromatic N) is 1. The van der Waals surface area contributed by atoms with Gasteiger partial charge in [0.2, 0.25) is 0 Å². The van der Waals surface area contributed by atoms with Crippen molar-refractivity contribution in [3.63, 3.8) is 0 Å². The van der Waals surface area contributed by atoms with E-state index in [1.165, 1.54) is 0 Å². The molecular formula is C19H27NO4. The van der Waals surface area contributed by atoms with Crippen LogP contribution in [0.5, 0.6) is 5.75 Å². The highest BCUT2D eigenvalue weighted by atomic mass is 16.5. The summed E-state index contributed by atoms with van der Waals surface area (Å²) in [7, 11) is 0. The van der Waals surface area contributed by atoms with E-state index in [1.54, 1.807) is 17.0 Å². The molecule has 1 saturated heterocycles. The van der Waals surface area contributed by atoms with Gasteiger partial charge in [-0.3, -0.25) is 9.59 Å². The number of carbonyl (C=O) groups excluding carboxylic acids is 1. The van der Waals surface area contributed by atoms with E-state index >= 15 is 0 Å². The number of ether oxygens (including phenoxy) is 1. The van der Waals surface area contributed by atoms with Crippen LogP contribution in [0.1, 0.15) is 49.9 Å². The number of benzene rings is 1. The fourth-order valence-corrected chi connectivity index (χ4v) is 3.12. The molecule has 1 amide bonds. The Balaban J connectivity index is 1.89. The first-order valence-electron chi connectivity index (χ1n) is 8.78. The molecule has 2 atom stereocenters. The molecule has 5 heteroatoms. The molecule has 1 N–H and O–H groups in total. The van der Waals surface area contributed by atoms with Gasteiger partial charge in [0, 0.05) is 18.7 Å². The average Bonchev–Trinajstić information content (AvgIpc) is 2.58. The molecule has 1 fully saturated rings. The monoisotopic (exact) mass is 333 g/mol. The Morgan fingerprint density at radius 2 is 1.96 bits per heavy atom. The van der Waals surface area contributed by atoms with Crippen LogP contribution in [0, 0.1) is 11.8 Å². The number of likely N-dealkylation sites (tertiary alicyclic amines) is 1. The van der Waals surface area contributed by atoms with Gasteiger partial charge < -0.3 is 14.7 Å². The van der Waals surface area contributed by atoms with Crippen LogP contribution < -0.4 is 4.74 Å². The Bertz CT molecular complexity index is 555. The molecule has 2 unspecified atom stereocenters. The second kappa shape index (κ2) is 8.71. The quantitative estimate of drug-likeness (QED) is 0.776. The molecule has 1 aliphatic rings. The zero-order chi connectivity index (χ0) is 17.5. The van der Waals surface area contributed by atoms with Crippen molar-refractivity contribution in [2.75, 3.05) is 19.7 Å². The first-order chi connectivity index (χ1) is 11.5. The van der Waals surface area contributed by atoms with Crippen molar-refractivity contribution in [1.29, 1.82) is 0 Å². The fourth-order valence-electron chi connectivity index (χ4n) is 3.12. The van der Waals surface area contributed by atoms with Crippen LogP contribution in [-0.2, 0) is 4.79 Å². The molecule has 1 aromatic carbocycles. The van der Waals surface area contributed by atoms with Crippen LogP contribution in [0.3, 0.4) is 0 Å². The minimum atomic E-state index is -0.765. The van der Waals surface area contributed by atoms with Gasteiger partial charge in [0.15, 0.2) is 0 Å². The van der Waals surface area contributed by atoms with Crippen LogP contribution >= 0.6 is 0 Å². The van der Waals surface area contributed by atoms with Gasteiger partial charge in [0.1, 0.15) is 5.75 Å². The molecule has 1 aliphatic heterocycles. The lowest BCUT2D eigenvalue weighted by Crippen LogP contribution is -2.44. The summed E-state index contributed by atoms with van der Waals surface area (Å²) in [4.78, 5) is 25.5. The molecule has 0 bridgehead atoms. The molecular weight excluding hydrogens is 306 g/mol. The molecule has 0 aromatic heterocycles. The van der Waals surface area contributed by atoms with Gasteiger partial charge in [-0.15, -0.1) is 0 Å². The second-order valence-electron chi connectivity index (χ2n) is 6.54. The number of rotatable bonds is 7. The number of carboxylic acids is 1. The van der Waals surface area contributed by atoms with E-state index < -0.39 is 5.97 Å². The number of hydrogen-bond acceptors (Lipinski definition) is 3. The largest absolute Gasteiger partial charge is 0.494 e. The summed E-state index contributed by atoms with van der Waals surface area (Å²) in [5.74, 6) is -0.405. The minimum absolute atomic E-state index is 0.0265. The summed E-state index contributed by atoms with van der Waals surface area (Å²) < 4.78 is 5.66. The molecule has 0 aliphatic carbocycles. The van der Waals surface area contributed by atoms with Crippen molar-refractivity contribution in [1.82, 2.24) is 4.90 Å². The van der Waals surface area contributed by atoms with Gasteiger partial charge in [0.05, 0.1) is 12.5 Å². The fraction of sp³-hybridized carbons (Fsp3) is 0.579. The molecule has 24 heavy (non-hydrogen) atoms. The zero-order valence-electron chi connectivity index (χ0n) is 14.5. The number of piperidine rings is 1. The molecule has 0 saturated carbocycles. The number of amides is 1. The molecule has 0 spiro atoms. The lowest BCUT2D eigenvalue weighted by molar-refractivity contribution is -0.145. The molecule has 1 heterocycles. The van der Waals surface area contributed by atoms with Crippen molar-refractivity contribution in [2.24, 2.45) is 11.8 Å². The van der Waals surface area contributed by atoms with Gasteiger partial charge in [0.25, 0.3) is 5.91 Å². The van der Waals surface area contributed by atoms with Crippen molar-refractivity contribution in [3.8, 4) is 5.75 Å². The van der Waals surface area contributed by atoms with Crippen molar-refractivity contribution in [3.05, 3.63) is 29.8 Å². The number of carboxylic acid groups (broad SMARTS) is 1. The van der Waals surface area contributed by atoms with Crippen LogP contribution in [0.25, 0.3) is 0 Å². The minimum Gasteiger partial charge on any atom is -0.494 e. The Kier molecular flexibility index (Phi) is 6.64. The topological polar surface area (TPSA) is 66.8 Å². The molecule has 2 rings (SSSR count). The maximum Gasteiger partial charge on any atom is 0.306 e. The molecule has 5 nitrogen and oxygen atoms in total. The SMILES string of the molecule is CCCCCOc1ccc(C(=O)N2CCC(C(=O)O)C(C)C2)cc1. The number of unbranched alkanes of at least 4 members (excludes halogenated alkanes) is 2. The number of hydrogen-bond donors (Lipinski definition) is 1. The smallest absolute Gasteiger partial charge is 0.306 e. The highest BCUT2D eigenvalue weighted by molar-refractivity contribution is 5.94. The summed E-state index contributed by atoms with van der Waals surface area (Å²) >= 11 is 0. The van der Waals surface area contributed by atoms with Crippen molar-refractivity contribution >= 4 is 11.9 Å². The maximum absolute atomic E-state index is 12.6. The Morgan fingerprint density at radius 1 is 1.25 bits per heavy atom. The van der Waals surface area contributed by atoms with E-state index in [9.17, 15) is 9.59 Å². The predicted molar refractivity (Wildman–Crippen MR) is 92.3 cm³/mol.